The molecule has 1 aromatic rings. The molecule has 0 spiro atoms. The van der Waals surface area contributed by atoms with Gasteiger partial charge in [0.25, 0.3) is 0 Å². The smallest absolute Gasteiger partial charge is 0.0958 e. The molecule has 0 unspecified atom stereocenters. The molecule has 1 aliphatic heterocycles. The standard InChI is InChI=1S/C8H10ClNO2S/c9-7-1-2-13-8(7)4-10-3-6(11)5-12-10/h1-2,6,11H,3-5H2/t6-/m1/s1. The van der Waals surface area contributed by atoms with Crippen molar-refractivity contribution in [3.8, 4) is 0 Å². The van der Waals surface area contributed by atoms with Crippen LogP contribution < -0.4 is 0 Å². The Bertz CT molecular complexity index is 291. The summed E-state index contributed by atoms with van der Waals surface area (Å²) in [5, 5.41) is 13.7. The van der Waals surface area contributed by atoms with E-state index in [1.54, 1.807) is 16.4 Å². The summed E-state index contributed by atoms with van der Waals surface area (Å²) in [6, 6.07) is 1.87. The van der Waals surface area contributed by atoms with E-state index in [-0.39, 0.29) is 6.10 Å². The predicted molar refractivity (Wildman–Crippen MR) is 51.7 cm³/mol. The second-order valence-corrected chi connectivity index (χ2v) is 4.37. The van der Waals surface area contributed by atoms with Crippen LogP contribution in [-0.4, -0.2) is 29.4 Å². The molecule has 1 N–H and O–H groups in total. The fourth-order valence-electron chi connectivity index (χ4n) is 1.24. The van der Waals surface area contributed by atoms with Crippen LogP contribution in [0.25, 0.3) is 0 Å². The Kier molecular flexibility index (Phi) is 2.86. The van der Waals surface area contributed by atoms with Gasteiger partial charge in [0.2, 0.25) is 0 Å². The first-order chi connectivity index (χ1) is 6.25. The van der Waals surface area contributed by atoms with Crippen molar-refractivity contribution in [2.45, 2.75) is 12.6 Å². The minimum atomic E-state index is -0.362. The number of nitrogens with zero attached hydrogens (tertiary/aromatic N) is 1. The van der Waals surface area contributed by atoms with Gasteiger partial charge in [-0.05, 0) is 11.4 Å². The first-order valence-corrected chi connectivity index (χ1v) is 5.29. The normalized spacial score (nSPS) is 24.0. The molecule has 3 nitrogen and oxygen atoms in total. The largest absolute Gasteiger partial charge is 0.389 e. The first-order valence-electron chi connectivity index (χ1n) is 4.03. The average molecular weight is 220 g/mol. The number of β-amino-alcohol motifs (C(OH)–C–C–N with tert-alkyl or cyclic N) is 1. The van der Waals surface area contributed by atoms with Gasteiger partial charge in [-0.3, -0.25) is 4.84 Å². The Labute approximate surface area is 85.5 Å². The highest BCUT2D eigenvalue weighted by Crippen LogP contribution is 2.24. The van der Waals surface area contributed by atoms with E-state index in [2.05, 4.69) is 0 Å². The Balaban J connectivity index is 1.95. The number of thiophene rings is 1. The van der Waals surface area contributed by atoms with Gasteiger partial charge in [-0.1, -0.05) is 11.6 Å². The Hall–Kier alpha value is -0.130. The molecule has 0 aromatic carbocycles. The summed E-state index contributed by atoms with van der Waals surface area (Å²) in [6.45, 7) is 1.62. The zero-order valence-electron chi connectivity index (χ0n) is 6.94. The number of aliphatic hydroxyl groups is 1. The molecule has 1 fully saturated rings. The minimum Gasteiger partial charge on any atom is -0.389 e. The highest BCUT2D eigenvalue weighted by Gasteiger charge is 2.22. The maximum atomic E-state index is 9.20. The molecule has 0 amide bonds. The number of hydroxylamine groups is 2. The number of rotatable bonds is 2. The van der Waals surface area contributed by atoms with Crippen molar-refractivity contribution in [2.75, 3.05) is 13.2 Å². The lowest BCUT2D eigenvalue weighted by atomic mass is 10.4. The quantitative estimate of drug-likeness (QED) is 0.819. The number of hydrogen-bond donors (Lipinski definition) is 1. The van der Waals surface area contributed by atoms with Crippen LogP contribution in [0.1, 0.15) is 4.88 Å². The predicted octanol–water partition coefficient (Wildman–Crippen LogP) is 1.51. The molecule has 72 valence electrons. The van der Waals surface area contributed by atoms with Crippen molar-refractivity contribution in [3.63, 3.8) is 0 Å². The SMILES string of the molecule is O[C@H]1CON(Cc2sccc2Cl)C1. The molecule has 0 radical (unpaired) electrons. The topological polar surface area (TPSA) is 32.7 Å². The van der Waals surface area contributed by atoms with Gasteiger partial charge in [0.15, 0.2) is 0 Å². The van der Waals surface area contributed by atoms with E-state index in [4.69, 9.17) is 16.4 Å². The Morgan fingerprint density at radius 2 is 2.62 bits per heavy atom. The zero-order chi connectivity index (χ0) is 9.26. The van der Waals surface area contributed by atoms with Gasteiger partial charge in [0.1, 0.15) is 0 Å². The van der Waals surface area contributed by atoms with Crippen molar-refractivity contribution in [1.82, 2.24) is 5.06 Å². The summed E-state index contributed by atoms with van der Waals surface area (Å²) in [6.07, 6.45) is -0.362. The maximum absolute atomic E-state index is 9.20. The van der Waals surface area contributed by atoms with Crippen molar-refractivity contribution >= 4 is 22.9 Å². The molecule has 2 rings (SSSR count). The fraction of sp³-hybridized carbons (Fsp3) is 0.500. The molecule has 0 bridgehead atoms. The third kappa shape index (κ3) is 2.21. The molecule has 1 aromatic heterocycles. The summed E-state index contributed by atoms with van der Waals surface area (Å²) in [5.74, 6) is 0. The van der Waals surface area contributed by atoms with Gasteiger partial charge >= 0.3 is 0 Å². The highest BCUT2D eigenvalue weighted by atomic mass is 35.5. The van der Waals surface area contributed by atoms with Crippen LogP contribution in [0.3, 0.4) is 0 Å². The maximum Gasteiger partial charge on any atom is 0.0958 e. The number of aliphatic hydroxyl groups excluding tert-OH is 1. The lowest BCUT2D eigenvalue weighted by Gasteiger charge is -2.11. The summed E-state index contributed by atoms with van der Waals surface area (Å²) in [4.78, 5) is 6.30. The molecule has 1 saturated heterocycles. The molecule has 5 heteroatoms. The monoisotopic (exact) mass is 219 g/mol. The van der Waals surface area contributed by atoms with Crippen LogP contribution in [0.15, 0.2) is 11.4 Å². The minimum absolute atomic E-state index is 0.362. The highest BCUT2D eigenvalue weighted by molar-refractivity contribution is 7.10. The average Bonchev–Trinajstić information content (AvgIpc) is 2.64. The summed E-state index contributed by atoms with van der Waals surface area (Å²) >= 11 is 7.52. The summed E-state index contributed by atoms with van der Waals surface area (Å²) < 4.78 is 0. The van der Waals surface area contributed by atoms with Gasteiger partial charge < -0.3 is 5.11 Å². The molecule has 1 aliphatic rings. The Morgan fingerprint density at radius 3 is 3.15 bits per heavy atom. The van der Waals surface area contributed by atoms with Crippen molar-refractivity contribution in [1.29, 1.82) is 0 Å². The van der Waals surface area contributed by atoms with Crippen LogP contribution in [0, 0.1) is 0 Å². The molecular weight excluding hydrogens is 210 g/mol. The third-order valence-corrected chi connectivity index (χ3v) is 3.25. The van der Waals surface area contributed by atoms with E-state index in [1.807, 2.05) is 11.4 Å². The van der Waals surface area contributed by atoms with Crippen LogP contribution in [-0.2, 0) is 11.4 Å². The summed E-state index contributed by atoms with van der Waals surface area (Å²) in [5.41, 5.74) is 0. The van der Waals surface area contributed by atoms with Crippen LogP contribution >= 0.6 is 22.9 Å². The number of hydrogen-bond acceptors (Lipinski definition) is 4. The fourth-order valence-corrected chi connectivity index (χ4v) is 2.34. The van der Waals surface area contributed by atoms with Crippen molar-refractivity contribution in [2.24, 2.45) is 0 Å². The van der Waals surface area contributed by atoms with Crippen molar-refractivity contribution < 1.29 is 9.94 Å². The number of halogens is 1. The molecule has 2 heterocycles. The van der Waals surface area contributed by atoms with Gasteiger partial charge in [-0.2, -0.15) is 5.06 Å². The van der Waals surface area contributed by atoms with Crippen LogP contribution in [0.2, 0.25) is 5.02 Å². The second kappa shape index (κ2) is 3.94. The van der Waals surface area contributed by atoms with E-state index in [0.717, 1.165) is 9.90 Å². The zero-order valence-corrected chi connectivity index (χ0v) is 8.51. The summed E-state index contributed by atoms with van der Waals surface area (Å²) in [7, 11) is 0. The van der Waals surface area contributed by atoms with E-state index in [1.165, 1.54) is 0 Å². The van der Waals surface area contributed by atoms with E-state index in [0.29, 0.717) is 19.7 Å². The lowest BCUT2D eigenvalue weighted by molar-refractivity contribution is -0.117. The molecule has 0 saturated carbocycles. The van der Waals surface area contributed by atoms with Gasteiger partial charge in [0.05, 0.1) is 30.8 Å². The third-order valence-electron chi connectivity index (χ3n) is 1.87. The van der Waals surface area contributed by atoms with Gasteiger partial charge in [-0.15, -0.1) is 11.3 Å². The van der Waals surface area contributed by atoms with E-state index >= 15 is 0 Å². The van der Waals surface area contributed by atoms with Gasteiger partial charge in [-0.25, -0.2) is 0 Å². The van der Waals surface area contributed by atoms with Gasteiger partial charge in [0, 0.05) is 4.88 Å². The Morgan fingerprint density at radius 1 is 1.77 bits per heavy atom. The molecule has 13 heavy (non-hydrogen) atoms. The van der Waals surface area contributed by atoms with E-state index < -0.39 is 0 Å². The molecule has 0 aliphatic carbocycles. The lowest BCUT2D eigenvalue weighted by Crippen LogP contribution is -2.20. The molecular formula is C8H10ClNO2S. The molecule has 1 atom stereocenters. The van der Waals surface area contributed by atoms with Crippen LogP contribution in [0.5, 0.6) is 0 Å². The van der Waals surface area contributed by atoms with Crippen LogP contribution in [0.4, 0.5) is 0 Å². The second-order valence-electron chi connectivity index (χ2n) is 2.96. The van der Waals surface area contributed by atoms with Crippen molar-refractivity contribution in [3.05, 3.63) is 21.3 Å². The first kappa shape index (κ1) is 9.43. The van der Waals surface area contributed by atoms with E-state index in [9.17, 15) is 5.11 Å².